The van der Waals surface area contributed by atoms with Crippen LogP contribution >= 0.6 is 0 Å². The van der Waals surface area contributed by atoms with Gasteiger partial charge in [0.05, 0.1) is 25.0 Å². The van der Waals surface area contributed by atoms with Gasteiger partial charge < -0.3 is 29.5 Å². The molecule has 1 aromatic carbocycles. The second kappa shape index (κ2) is 16.1. The number of ether oxygens (including phenoxy) is 3. The molecule has 0 spiro atoms. The van der Waals surface area contributed by atoms with Gasteiger partial charge in [-0.05, 0) is 94.9 Å². The fourth-order valence-corrected chi connectivity index (χ4v) is 9.57. The Kier molecular flexibility index (Phi) is 12.0. The molecule has 6 rings (SSSR count). The molecule has 4 amide bonds. The highest BCUT2D eigenvalue weighted by molar-refractivity contribution is 7.91. The van der Waals surface area contributed by atoms with Crippen molar-refractivity contribution in [2.75, 3.05) is 27.4 Å². The molecular weight excluding hydrogens is 800 g/mol. The van der Waals surface area contributed by atoms with Crippen LogP contribution in [0.15, 0.2) is 42.6 Å². The largest absolute Gasteiger partial charge is 0.497 e. The van der Waals surface area contributed by atoms with E-state index in [0.717, 1.165) is 4.90 Å². The summed E-state index contributed by atoms with van der Waals surface area (Å²) < 4.78 is 89.1. The van der Waals surface area contributed by atoms with Crippen molar-refractivity contribution in [3.05, 3.63) is 42.6 Å². The first-order valence-electron chi connectivity index (χ1n) is 19.6. The van der Waals surface area contributed by atoms with Gasteiger partial charge in [-0.2, -0.15) is 13.2 Å². The smallest absolute Gasteiger partial charge is 0.411 e. The van der Waals surface area contributed by atoms with E-state index in [1.807, 2.05) is 6.92 Å². The molecule has 1 saturated heterocycles. The average Bonchev–Trinajstić information content (AvgIpc) is 4.04. The van der Waals surface area contributed by atoms with Gasteiger partial charge in [-0.3, -0.25) is 24.0 Å². The minimum absolute atomic E-state index is 0.0396. The Bertz CT molecular complexity index is 2110. The van der Waals surface area contributed by atoms with Crippen molar-refractivity contribution in [2.45, 2.75) is 113 Å². The van der Waals surface area contributed by atoms with Crippen molar-refractivity contribution >= 4 is 44.6 Å². The molecule has 0 unspecified atom stereocenters. The highest BCUT2D eigenvalue weighted by Gasteiger charge is 2.64. The lowest BCUT2D eigenvalue weighted by molar-refractivity contribution is -0.223. The molecule has 0 bridgehead atoms. The lowest BCUT2D eigenvalue weighted by Crippen LogP contribution is -2.67. The van der Waals surface area contributed by atoms with E-state index in [1.54, 1.807) is 36.4 Å². The van der Waals surface area contributed by atoms with Crippen molar-refractivity contribution in [1.29, 1.82) is 0 Å². The third-order valence-electron chi connectivity index (χ3n) is 12.4. The van der Waals surface area contributed by atoms with Crippen LogP contribution in [-0.4, -0.2) is 120 Å². The van der Waals surface area contributed by atoms with Crippen LogP contribution in [0, 0.1) is 17.8 Å². The van der Waals surface area contributed by atoms with Crippen molar-refractivity contribution in [2.24, 2.45) is 17.8 Å². The first kappa shape index (κ1) is 43.9. The van der Waals surface area contributed by atoms with Gasteiger partial charge in [-0.25, -0.2) is 18.2 Å². The molecule has 2 saturated carbocycles. The van der Waals surface area contributed by atoms with E-state index in [9.17, 15) is 41.1 Å². The number of benzene rings is 1. The molecule has 3 heterocycles. The van der Waals surface area contributed by atoms with Crippen LogP contribution in [-0.2, 0) is 29.1 Å². The molecule has 3 N–H and O–H groups in total. The van der Waals surface area contributed by atoms with Crippen molar-refractivity contribution < 1.29 is 60.1 Å². The molecule has 2 aliphatic carbocycles. The molecule has 324 valence electrons. The molecule has 2 aromatic rings. The molecule has 3 fully saturated rings. The van der Waals surface area contributed by atoms with E-state index in [-0.39, 0.29) is 49.1 Å². The quantitative estimate of drug-likeness (QED) is 0.278. The number of nitrogens with one attached hydrogen (secondary N) is 2. The number of allylic oxidation sites excluding steroid dienone is 1. The van der Waals surface area contributed by atoms with E-state index in [1.165, 1.54) is 27.3 Å². The topological polar surface area (TPSA) is 194 Å². The summed E-state index contributed by atoms with van der Waals surface area (Å²) in [6, 6.07) is 3.36. The van der Waals surface area contributed by atoms with E-state index in [0.29, 0.717) is 56.1 Å². The molecule has 59 heavy (non-hydrogen) atoms. The maximum Gasteiger partial charge on any atom is 0.411 e. The first-order chi connectivity index (χ1) is 27.6. The Morgan fingerprint density at radius 3 is 2.47 bits per heavy atom. The Labute approximate surface area is 341 Å². The second-order valence-electron chi connectivity index (χ2n) is 17.1. The summed E-state index contributed by atoms with van der Waals surface area (Å²) in [6.07, 6.45) is -1.67. The third-order valence-corrected chi connectivity index (χ3v) is 14.6. The minimum Gasteiger partial charge on any atom is -0.497 e. The van der Waals surface area contributed by atoms with Crippen LogP contribution in [0.3, 0.4) is 0 Å². The number of rotatable bonds is 10. The summed E-state index contributed by atoms with van der Waals surface area (Å²) in [5.74, 6) is -4.24. The zero-order valence-electron chi connectivity index (χ0n) is 33.9. The molecule has 0 radical (unpaired) electrons. The number of halogens is 3. The van der Waals surface area contributed by atoms with Crippen molar-refractivity contribution in [3.8, 4) is 11.6 Å². The predicted molar refractivity (Wildman–Crippen MR) is 208 cm³/mol. The van der Waals surface area contributed by atoms with Gasteiger partial charge >= 0.3 is 12.3 Å². The number of alkyl halides is 3. The van der Waals surface area contributed by atoms with E-state index >= 15 is 4.79 Å². The van der Waals surface area contributed by atoms with Gasteiger partial charge in [0.1, 0.15) is 35.0 Å². The Balaban J connectivity index is 1.45. The molecular formula is C40H52F3N5O10S. The monoisotopic (exact) mass is 851 g/mol. The number of hydrogen-bond acceptors (Lipinski definition) is 10. The Hall–Kier alpha value is -4.65. The normalized spacial score (nSPS) is 29.2. The number of nitrogens with zero attached hydrogens (tertiary/aromatic N) is 3. The van der Waals surface area contributed by atoms with Crippen LogP contribution in [0.4, 0.5) is 18.0 Å². The summed E-state index contributed by atoms with van der Waals surface area (Å²) in [5, 5.41) is 14.5. The number of fused-ring (bicyclic) bond motifs is 3. The van der Waals surface area contributed by atoms with E-state index in [4.69, 9.17) is 14.2 Å². The maximum absolute atomic E-state index is 15.2. The molecule has 2 aliphatic heterocycles. The number of pyridine rings is 1. The van der Waals surface area contributed by atoms with E-state index in [2.05, 4.69) is 15.0 Å². The lowest BCUT2D eigenvalue weighted by atomic mass is 9.84. The summed E-state index contributed by atoms with van der Waals surface area (Å²) in [6.45, 7) is 4.02. The molecule has 15 nitrogen and oxygen atoms in total. The number of methoxy groups -OCH3 is 2. The van der Waals surface area contributed by atoms with Crippen molar-refractivity contribution in [3.63, 3.8) is 0 Å². The average molecular weight is 852 g/mol. The maximum atomic E-state index is 15.2. The lowest BCUT2D eigenvalue weighted by Gasteiger charge is -2.46. The summed E-state index contributed by atoms with van der Waals surface area (Å²) >= 11 is 0. The zero-order valence-corrected chi connectivity index (χ0v) is 34.7. The summed E-state index contributed by atoms with van der Waals surface area (Å²) in [5.41, 5.74) is -4.82. The van der Waals surface area contributed by atoms with Gasteiger partial charge in [0.2, 0.25) is 27.7 Å². The number of carboxylic acid groups (broad SMARTS) is 1. The van der Waals surface area contributed by atoms with Crippen molar-refractivity contribution in [1.82, 2.24) is 24.8 Å². The molecule has 1 aromatic heterocycles. The van der Waals surface area contributed by atoms with Crippen LogP contribution < -0.4 is 19.5 Å². The highest BCUT2D eigenvalue weighted by atomic mass is 32.2. The standard InChI is InChI=1S/C40H52F3N5O10S/c1-23-9-7-8-10-26-20-39(26,35(51)46-59(54,55)38(4)14-15-38)45-32(49)30-19-28(58-33-29-12-11-27(57-6)18-24(29)13-16-44-33)21-47(30)34(50)31(25(17-23)22-56-5)48(36(52)53)37(2,3)40(41,42)43/h8,10-13,16,18,23,25-26,28,30-31H,7,9,14-15,17,19-22H2,1-6H3,(H,45,49)(H,46,51)(H,52,53)/b10-8-/t23-,25-,26+,28+,30-,31-,39+/m0/s1. The Morgan fingerprint density at radius 2 is 1.85 bits per heavy atom. The van der Waals surface area contributed by atoms with Crippen LogP contribution in [0.5, 0.6) is 11.6 Å². The van der Waals surface area contributed by atoms with Gasteiger partial charge in [-0.1, -0.05) is 19.1 Å². The number of amides is 4. The van der Waals surface area contributed by atoms with Gasteiger partial charge in [0, 0.05) is 36.9 Å². The first-order valence-corrected chi connectivity index (χ1v) is 21.1. The number of carbonyl (C=O) groups is 4. The van der Waals surface area contributed by atoms with Gasteiger partial charge in [0.15, 0.2) is 0 Å². The number of carbonyl (C=O) groups excluding carboxylic acids is 3. The van der Waals surface area contributed by atoms with Gasteiger partial charge in [0.25, 0.3) is 5.91 Å². The third kappa shape index (κ3) is 8.54. The molecule has 19 heteroatoms. The molecule has 4 aliphatic rings. The SMILES string of the molecule is COC[C@@H]1C[C@@H](C)CC/C=C\[C@@H]2C[C@@]2(C(=O)NS(=O)(=O)C2(C)CC2)NC(=O)[C@@H]2C[C@@H](Oc3nccc4cc(OC)ccc34)CN2C(=O)[C@H]1N(C(=O)O)C(C)(C)C(F)(F)F. The van der Waals surface area contributed by atoms with Crippen LogP contribution in [0.25, 0.3) is 10.8 Å². The molecule has 7 atom stereocenters. The zero-order chi connectivity index (χ0) is 43.3. The number of sulfonamides is 1. The fourth-order valence-electron chi connectivity index (χ4n) is 8.26. The Morgan fingerprint density at radius 1 is 1.14 bits per heavy atom. The van der Waals surface area contributed by atoms with Crippen LogP contribution in [0.2, 0.25) is 0 Å². The fraction of sp³-hybridized carbons (Fsp3) is 0.625. The summed E-state index contributed by atoms with van der Waals surface area (Å²) in [7, 11) is -1.32. The number of aromatic nitrogens is 1. The van der Waals surface area contributed by atoms with Gasteiger partial charge in [-0.15, -0.1) is 0 Å². The second-order valence-corrected chi connectivity index (χ2v) is 19.3. The highest BCUT2D eigenvalue weighted by Crippen LogP contribution is 2.48. The van der Waals surface area contributed by atoms with Crippen LogP contribution in [0.1, 0.15) is 72.6 Å². The predicted octanol–water partition coefficient (Wildman–Crippen LogP) is 4.79. The van der Waals surface area contributed by atoms with E-state index < -0.39 is 85.9 Å². The number of hydrogen-bond donors (Lipinski definition) is 3. The minimum atomic E-state index is -5.13. The summed E-state index contributed by atoms with van der Waals surface area (Å²) in [4.78, 5) is 62.3.